The van der Waals surface area contributed by atoms with Crippen LogP contribution in [0.25, 0.3) is 0 Å². The molecule has 1 unspecified atom stereocenters. The van der Waals surface area contributed by atoms with E-state index in [9.17, 15) is 18.3 Å². The van der Waals surface area contributed by atoms with Gasteiger partial charge in [0.25, 0.3) is 0 Å². The molecule has 0 bridgehead atoms. The van der Waals surface area contributed by atoms with Crippen LogP contribution >= 0.6 is 0 Å². The highest BCUT2D eigenvalue weighted by molar-refractivity contribution is 5.44. The van der Waals surface area contributed by atoms with E-state index in [1.165, 1.54) is 49.4 Å². The zero-order valence-electron chi connectivity index (χ0n) is 11.1. The van der Waals surface area contributed by atoms with Gasteiger partial charge in [-0.05, 0) is 36.2 Å². The lowest BCUT2D eigenvalue weighted by molar-refractivity contribution is -0.139. The number of halogens is 3. The summed E-state index contributed by atoms with van der Waals surface area (Å²) in [6.45, 7) is 1.29. The van der Waals surface area contributed by atoms with Gasteiger partial charge in [0.15, 0.2) is 0 Å². The zero-order chi connectivity index (χ0) is 15.7. The van der Waals surface area contributed by atoms with E-state index in [1.54, 1.807) is 0 Å². The molecule has 0 heterocycles. The van der Waals surface area contributed by atoms with E-state index < -0.39 is 17.3 Å². The van der Waals surface area contributed by atoms with E-state index in [0.717, 1.165) is 6.07 Å². The van der Waals surface area contributed by atoms with E-state index in [0.29, 0.717) is 0 Å². The number of aliphatic hydroxyl groups is 1. The van der Waals surface area contributed by atoms with Crippen molar-refractivity contribution in [2.75, 3.05) is 0 Å². The fraction of sp³-hybridized carbons (Fsp3) is 0.188. The molecule has 0 fully saturated rings. The van der Waals surface area contributed by atoms with Crippen LogP contribution in [-0.2, 0) is 11.8 Å². The molecule has 2 nitrogen and oxygen atoms in total. The molecule has 1 atom stereocenters. The van der Waals surface area contributed by atoms with Crippen LogP contribution in [-0.4, -0.2) is 5.11 Å². The van der Waals surface area contributed by atoms with Gasteiger partial charge in [-0.25, -0.2) is 0 Å². The number of rotatable bonds is 2. The Balaban J connectivity index is 2.62. The lowest BCUT2D eigenvalue weighted by atomic mass is 9.84. The van der Waals surface area contributed by atoms with Crippen LogP contribution < -0.4 is 0 Å². The normalized spacial score (nSPS) is 14.3. The number of hydrogen-bond acceptors (Lipinski definition) is 2. The van der Waals surface area contributed by atoms with Crippen molar-refractivity contribution in [1.82, 2.24) is 0 Å². The topological polar surface area (TPSA) is 44.0 Å². The van der Waals surface area contributed by atoms with Gasteiger partial charge >= 0.3 is 6.18 Å². The van der Waals surface area contributed by atoms with Crippen molar-refractivity contribution in [3.8, 4) is 6.07 Å². The molecule has 0 aliphatic carbocycles. The molecular weight excluding hydrogens is 279 g/mol. The third kappa shape index (κ3) is 2.91. The monoisotopic (exact) mass is 291 g/mol. The molecule has 2 rings (SSSR count). The van der Waals surface area contributed by atoms with Gasteiger partial charge in [-0.1, -0.05) is 30.3 Å². The SMILES string of the molecule is CC(O)(c1cccc(C#N)c1)c1ccccc1C(F)(F)F. The zero-order valence-corrected chi connectivity index (χ0v) is 11.1. The standard InChI is InChI=1S/C16H12F3NO/c1-15(21,12-6-4-5-11(9-12)10-20)13-7-2-3-8-14(13)16(17,18)19/h2-9,21H,1H3. The van der Waals surface area contributed by atoms with E-state index in [1.807, 2.05) is 6.07 Å². The molecule has 5 heteroatoms. The Kier molecular flexibility index (Phi) is 3.75. The second-order valence-electron chi connectivity index (χ2n) is 4.81. The maximum atomic E-state index is 13.1. The van der Waals surface area contributed by atoms with Gasteiger partial charge in [0.05, 0.1) is 17.2 Å². The maximum Gasteiger partial charge on any atom is 0.416 e. The highest BCUT2D eigenvalue weighted by Gasteiger charge is 2.39. The molecule has 0 aliphatic heterocycles. The lowest BCUT2D eigenvalue weighted by Crippen LogP contribution is -2.27. The second kappa shape index (κ2) is 5.23. The first-order valence-corrected chi connectivity index (χ1v) is 6.16. The van der Waals surface area contributed by atoms with Crippen LogP contribution in [0.2, 0.25) is 0 Å². The third-order valence-electron chi connectivity index (χ3n) is 3.31. The summed E-state index contributed by atoms with van der Waals surface area (Å²) in [5.74, 6) is 0. The Morgan fingerprint density at radius 1 is 1.00 bits per heavy atom. The summed E-state index contributed by atoms with van der Waals surface area (Å²) >= 11 is 0. The summed E-state index contributed by atoms with van der Waals surface area (Å²) in [6.07, 6.45) is -4.56. The van der Waals surface area contributed by atoms with E-state index in [4.69, 9.17) is 5.26 Å². The van der Waals surface area contributed by atoms with Gasteiger partial charge in [0.1, 0.15) is 5.60 Å². The van der Waals surface area contributed by atoms with E-state index in [-0.39, 0.29) is 16.7 Å². The quantitative estimate of drug-likeness (QED) is 0.913. The highest BCUT2D eigenvalue weighted by Crippen LogP contribution is 2.39. The van der Waals surface area contributed by atoms with E-state index >= 15 is 0 Å². The second-order valence-corrected chi connectivity index (χ2v) is 4.81. The Labute approximate surface area is 120 Å². The van der Waals surface area contributed by atoms with Crippen molar-refractivity contribution in [2.24, 2.45) is 0 Å². The average Bonchev–Trinajstić information content (AvgIpc) is 2.46. The molecule has 21 heavy (non-hydrogen) atoms. The Bertz CT molecular complexity index is 699. The van der Waals surface area contributed by atoms with Crippen LogP contribution in [0.3, 0.4) is 0 Å². The van der Waals surface area contributed by atoms with Crippen LogP contribution in [0.4, 0.5) is 13.2 Å². The van der Waals surface area contributed by atoms with Crippen molar-refractivity contribution in [1.29, 1.82) is 5.26 Å². The first-order chi connectivity index (χ1) is 9.76. The van der Waals surface area contributed by atoms with Crippen LogP contribution in [0, 0.1) is 11.3 Å². The minimum Gasteiger partial charge on any atom is -0.381 e. The summed E-state index contributed by atoms with van der Waals surface area (Å²) < 4.78 is 39.2. The summed E-state index contributed by atoms with van der Waals surface area (Å²) in [7, 11) is 0. The molecule has 0 amide bonds. The minimum absolute atomic E-state index is 0.234. The van der Waals surface area contributed by atoms with Crippen molar-refractivity contribution < 1.29 is 18.3 Å². The number of nitriles is 1. The number of benzene rings is 2. The summed E-state index contributed by atoms with van der Waals surface area (Å²) in [5.41, 5.74) is -2.47. The molecule has 0 saturated heterocycles. The van der Waals surface area contributed by atoms with Crippen LogP contribution in [0.5, 0.6) is 0 Å². The van der Waals surface area contributed by atoms with Gasteiger partial charge < -0.3 is 5.11 Å². The van der Waals surface area contributed by atoms with E-state index in [2.05, 4.69) is 0 Å². The van der Waals surface area contributed by atoms with Crippen molar-refractivity contribution in [3.63, 3.8) is 0 Å². The maximum absolute atomic E-state index is 13.1. The first kappa shape index (κ1) is 15.1. The molecular formula is C16H12F3NO. The van der Waals surface area contributed by atoms with Crippen LogP contribution in [0.15, 0.2) is 48.5 Å². The fourth-order valence-corrected chi connectivity index (χ4v) is 2.20. The predicted molar refractivity (Wildman–Crippen MR) is 71.3 cm³/mol. The average molecular weight is 291 g/mol. The molecule has 2 aromatic carbocycles. The number of alkyl halides is 3. The number of hydrogen-bond donors (Lipinski definition) is 1. The van der Waals surface area contributed by atoms with Crippen molar-refractivity contribution in [3.05, 3.63) is 70.8 Å². The first-order valence-electron chi connectivity index (χ1n) is 6.16. The summed E-state index contributed by atoms with van der Waals surface area (Å²) in [6, 6.07) is 12.7. The molecule has 0 aromatic heterocycles. The summed E-state index contributed by atoms with van der Waals surface area (Å²) in [4.78, 5) is 0. The molecule has 2 aromatic rings. The van der Waals surface area contributed by atoms with Crippen LogP contribution in [0.1, 0.15) is 29.2 Å². The smallest absolute Gasteiger partial charge is 0.381 e. The van der Waals surface area contributed by atoms with Crippen molar-refractivity contribution >= 4 is 0 Å². The van der Waals surface area contributed by atoms with Gasteiger partial charge in [0, 0.05) is 0 Å². The molecule has 108 valence electrons. The Hall–Kier alpha value is -2.32. The van der Waals surface area contributed by atoms with Crippen molar-refractivity contribution in [2.45, 2.75) is 18.7 Å². The molecule has 0 aliphatic rings. The molecule has 0 radical (unpaired) electrons. The van der Waals surface area contributed by atoms with Gasteiger partial charge in [-0.2, -0.15) is 18.4 Å². The van der Waals surface area contributed by atoms with Gasteiger partial charge in [-0.15, -0.1) is 0 Å². The van der Waals surface area contributed by atoms with Gasteiger partial charge in [0.2, 0.25) is 0 Å². The highest BCUT2D eigenvalue weighted by atomic mass is 19.4. The third-order valence-corrected chi connectivity index (χ3v) is 3.31. The molecule has 1 N–H and O–H groups in total. The van der Waals surface area contributed by atoms with Gasteiger partial charge in [-0.3, -0.25) is 0 Å². The lowest BCUT2D eigenvalue weighted by Gasteiger charge is -2.27. The fourth-order valence-electron chi connectivity index (χ4n) is 2.20. The predicted octanol–water partition coefficient (Wildman–Crippen LogP) is 3.83. The minimum atomic E-state index is -4.56. The Morgan fingerprint density at radius 3 is 2.19 bits per heavy atom. The Morgan fingerprint density at radius 2 is 1.62 bits per heavy atom. The molecule has 0 spiro atoms. The number of nitrogens with zero attached hydrogens (tertiary/aromatic N) is 1. The summed E-state index contributed by atoms with van der Waals surface area (Å²) in [5, 5.41) is 19.5. The molecule has 0 saturated carbocycles. The largest absolute Gasteiger partial charge is 0.416 e.